The van der Waals surface area contributed by atoms with Crippen LogP contribution in [0.5, 0.6) is 0 Å². The summed E-state index contributed by atoms with van der Waals surface area (Å²) >= 11 is 0. The lowest BCUT2D eigenvalue weighted by Gasteiger charge is -2.30. The number of hydrogen-bond acceptors (Lipinski definition) is 1. The van der Waals surface area contributed by atoms with E-state index >= 15 is 0 Å². The van der Waals surface area contributed by atoms with Crippen LogP contribution >= 0.6 is 0 Å². The molecule has 17 heavy (non-hydrogen) atoms. The third-order valence-electron chi connectivity index (χ3n) is 3.37. The topological polar surface area (TPSA) is 12.0 Å². The Labute approximate surface area is 104 Å². The van der Waals surface area contributed by atoms with Crippen molar-refractivity contribution >= 4 is 0 Å². The summed E-state index contributed by atoms with van der Waals surface area (Å²) in [5.41, 5.74) is 0.939. The summed E-state index contributed by atoms with van der Waals surface area (Å²) in [5.74, 6) is -0.0864. The van der Waals surface area contributed by atoms with E-state index in [9.17, 15) is 4.39 Å². The number of rotatable bonds is 6. The Hall–Kier alpha value is -0.890. The van der Waals surface area contributed by atoms with Gasteiger partial charge in [-0.2, -0.15) is 0 Å². The second-order valence-electron chi connectivity index (χ2n) is 5.47. The number of nitrogens with one attached hydrogen (secondary N) is 1. The Morgan fingerprint density at radius 1 is 1.29 bits per heavy atom. The molecule has 1 aromatic carbocycles. The van der Waals surface area contributed by atoms with E-state index in [1.807, 2.05) is 12.1 Å². The van der Waals surface area contributed by atoms with Crippen LogP contribution in [-0.2, 0) is 6.42 Å². The van der Waals surface area contributed by atoms with Gasteiger partial charge in [0.1, 0.15) is 5.82 Å². The molecule has 2 heteroatoms. The molecule has 1 N–H and O–H groups in total. The van der Waals surface area contributed by atoms with Gasteiger partial charge in [0.05, 0.1) is 0 Å². The zero-order valence-electron chi connectivity index (χ0n) is 11.4. The van der Waals surface area contributed by atoms with Gasteiger partial charge in [-0.15, -0.1) is 0 Å². The van der Waals surface area contributed by atoms with Crippen LogP contribution in [0.25, 0.3) is 0 Å². The van der Waals surface area contributed by atoms with E-state index in [1.54, 1.807) is 12.1 Å². The molecule has 0 saturated carbocycles. The normalized spacial score (nSPS) is 14.9. The summed E-state index contributed by atoms with van der Waals surface area (Å²) in [6.07, 6.45) is 1.83. The number of halogens is 1. The summed E-state index contributed by atoms with van der Waals surface area (Å²) < 4.78 is 13.6. The maximum absolute atomic E-state index is 13.6. The minimum Gasteiger partial charge on any atom is -0.314 e. The molecule has 0 amide bonds. The molecule has 0 saturated heterocycles. The second kappa shape index (κ2) is 6.15. The highest BCUT2D eigenvalue weighted by atomic mass is 19.1. The largest absolute Gasteiger partial charge is 0.314 e. The molecule has 0 bridgehead atoms. The van der Waals surface area contributed by atoms with Gasteiger partial charge in [0.2, 0.25) is 0 Å². The Kier molecular flexibility index (Phi) is 5.13. The van der Waals surface area contributed by atoms with Crippen molar-refractivity contribution in [3.63, 3.8) is 0 Å². The van der Waals surface area contributed by atoms with Crippen LogP contribution in [0.2, 0.25) is 0 Å². The van der Waals surface area contributed by atoms with Gasteiger partial charge in [0.25, 0.3) is 0 Å². The number of benzene rings is 1. The van der Waals surface area contributed by atoms with Crippen molar-refractivity contribution in [2.24, 2.45) is 5.41 Å². The molecule has 96 valence electrons. The minimum atomic E-state index is -0.0864. The quantitative estimate of drug-likeness (QED) is 0.794. The molecule has 0 radical (unpaired) electrons. The van der Waals surface area contributed by atoms with Crippen molar-refractivity contribution in [1.82, 2.24) is 5.32 Å². The molecular formula is C15H24FN. The molecule has 0 aliphatic heterocycles. The zero-order valence-corrected chi connectivity index (χ0v) is 11.4. The van der Waals surface area contributed by atoms with Crippen LogP contribution in [-0.4, -0.2) is 12.6 Å². The van der Waals surface area contributed by atoms with Crippen molar-refractivity contribution in [3.8, 4) is 0 Å². The fourth-order valence-corrected chi connectivity index (χ4v) is 1.86. The summed E-state index contributed by atoms with van der Waals surface area (Å²) in [6.45, 7) is 9.59. The fourth-order valence-electron chi connectivity index (χ4n) is 1.86. The molecule has 0 aliphatic carbocycles. The van der Waals surface area contributed by atoms with Crippen molar-refractivity contribution in [1.29, 1.82) is 0 Å². The average Bonchev–Trinajstić information content (AvgIpc) is 2.30. The monoisotopic (exact) mass is 237 g/mol. The molecule has 1 nitrogen and oxygen atoms in total. The van der Waals surface area contributed by atoms with Crippen LogP contribution in [0.1, 0.15) is 39.7 Å². The fraction of sp³-hybridized carbons (Fsp3) is 0.600. The van der Waals surface area contributed by atoms with E-state index < -0.39 is 0 Å². The molecule has 1 rings (SSSR count). The molecule has 1 atom stereocenters. The average molecular weight is 237 g/mol. The van der Waals surface area contributed by atoms with Crippen LogP contribution in [0, 0.1) is 11.2 Å². The highest BCUT2D eigenvalue weighted by molar-refractivity contribution is 5.18. The zero-order chi connectivity index (χ0) is 12.9. The van der Waals surface area contributed by atoms with Gasteiger partial charge in [-0.1, -0.05) is 45.9 Å². The van der Waals surface area contributed by atoms with E-state index in [2.05, 4.69) is 33.0 Å². The summed E-state index contributed by atoms with van der Waals surface area (Å²) in [6, 6.07) is 7.56. The van der Waals surface area contributed by atoms with Gasteiger partial charge in [-0.25, -0.2) is 4.39 Å². The Morgan fingerprint density at radius 3 is 2.47 bits per heavy atom. The molecule has 0 aliphatic rings. The van der Waals surface area contributed by atoms with E-state index in [1.165, 1.54) is 0 Å². The lowest BCUT2D eigenvalue weighted by Crippen LogP contribution is -2.37. The van der Waals surface area contributed by atoms with Crippen LogP contribution in [0.3, 0.4) is 0 Å². The molecule has 0 fully saturated rings. The van der Waals surface area contributed by atoms with Crippen molar-refractivity contribution in [2.45, 2.75) is 46.6 Å². The molecule has 1 aromatic rings. The summed E-state index contributed by atoms with van der Waals surface area (Å²) in [7, 11) is 0. The molecule has 0 heterocycles. The predicted octanol–water partition coefficient (Wildman–Crippen LogP) is 3.78. The smallest absolute Gasteiger partial charge is 0.126 e. The Bertz CT molecular complexity index is 349. The highest BCUT2D eigenvalue weighted by Gasteiger charge is 2.23. The SMILES string of the molecule is CCC(C)(CNC(C)C)Cc1ccccc1F. The highest BCUT2D eigenvalue weighted by Crippen LogP contribution is 2.27. The Balaban J connectivity index is 2.71. The lowest BCUT2D eigenvalue weighted by molar-refractivity contribution is 0.278. The van der Waals surface area contributed by atoms with Gasteiger partial charge in [0.15, 0.2) is 0 Å². The van der Waals surface area contributed by atoms with Crippen molar-refractivity contribution < 1.29 is 4.39 Å². The van der Waals surface area contributed by atoms with Crippen molar-refractivity contribution in [3.05, 3.63) is 35.6 Å². The second-order valence-corrected chi connectivity index (χ2v) is 5.47. The first-order valence-corrected chi connectivity index (χ1v) is 6.43. The van der Waals surface area contributed by atoms with E-state index in [-0.39, 0.29) is 11.2 Å². The van der Waals surface area contributed by atoms with Crippen molar-refractivity contribution in [2.75, 3.05) is 6.54 Å². The predicted molar refractivity (Wildman–Crippen MR) is 71.6 cm³/mol. The third kappa shape index (κ3) is 4.47. The van der Waals surface area contributed by atoms with E-state index in [4.69, 9.17) is 0 Å². The maximum Gasteiger partial charge on any atom is 0.126 e. The molecule has 0 aromatic heterocycles. The standard InChI is InChI=1S/C15H24FN/c1-5-15(4,11-17-12(2)3)10-13-8-6-7-9-14(13)16/h6-9,12,17H,5,10-11H2,1-4H3. The van der Waals surface area contributed by atoms with Crippen LogP contribution in [0.4, 0.5) is 4.39 Å². The first kappa shape index (κ1) is 14.2. The molecular weight excluding hydrogens is 213 g/mol. The lowest BCUT2D eigenvalue weighted by atomic mass is 9.81. The van der Waals surface area contributed by atoms with Gasteiger partial charge >= 0.3 is 0 Å². The van der Waals surface area contributed by atoms with Crippen LogP contribution in [0.15, 0.2) is 24.3 Å². The van der Waals surface area contributed by atoms with Gasteiger partial charge < -0.3 is 5.32 Å². The summed E-state index contributed by atoms with van der Waals surface area (Å²) in [5, 5.41) is 3.45. The van der Waals surface area contributed by atoms with Gasteiger partial charge in [-0.3, -0.25) is 0 Å². The number of hydrogen-bond donors (Lipinski definition) is 1. The maximum atomic E-state index is 13.6. The van der Waals surface area contributed by atoms with E-state index in [0.29, 0.717) is 6.04 Å². The third-order valence-corrected chi connectivity index (χ3v) is 3.37. The van der Waals surface area contributed by atoms with Crippen LogP contribution < -0.4 is 5.32 Å². The Morgan fingerprint density at radius 2 is 1.94 bits per heavy atom. The summed E-state index contributed by atoms with van der Waals surface area (Å²) in [4.78, 5) is 0. The first-order valence-electron chi connectivity index (χ1n) is 6.43. The van der Waals surface area contributed by atoms with Gasteiger partial charge in [0, 0.05) is 12.6 Å². The molecule has 1 unspecified atom stereocenters. The van der Waals surface area contributed by atoms with E-state index in [0.717, 1.165) is 24.9 Å². The molecule has 0 spiro atoms. The van der Waals surface area contributed by atoms with Gasteiger partial charge in [-0.05, 0) is 29.9 Å². The minimum absolute atomic E-state index is 0.0864. The first-order chi connectivity index (χ1) is 7.97.